The first-order valence-corrected chi connectivity index (χ1v) is 5.99. The van der Waals surface area contributed by atoms with Gasteiger partial charge in [-0.15, -0.1) is 11.6 Å². The Balaban J connectivity index is 2.79. The number of hydrogen-bond acceptors (Lipinski definition) is 1. The summed E-state index contributed by atoms with van der Waals surface area (Å²) < 4.78 is 18.6. The molecule has 2 atom stereocenters. The van der Waals surface area contributed by atoms with Gasteiger partial charge >= 0.3 is 0 Å². The molecular weight excluding hydrogens is 227 g/mol. The molecule has 1 rings (SSSR count). The lowest BCUT2D eigenvalue weighted by atomic mass is 9.98. The molecule has 0 spiro atoms. The number of alkyl halides is 1. The van der Waals surface area contributed by atoms with E-state index in [4.69, 9.17) is 16.3 Å². The van der Waals surface area contributed by atoms with Crippen molar-refractivity contribution in [3.63, 3.8) is 0 Å². The Kier molecular flexibility index (Phi) is 5.07. The molecule has 0 saturated heterocycles. The topological polar surface area (TPSA) is 9.23 Å². The van der Waals surface area contributed by atoms with E-state index in [-0.39, 0.29) is 11.2 Å². The summed E-state index contributed by atoms with van der Waals surface area (Å²) in [6.45, 7) is 4.23. The Labute approximate surface area is 102 Å². The second-order valence-corrected chi connectivity index (χ2v) is 4.63. The molecule has 0 bridgehead atoms. The van der Waals surface area contributed by atoms with E-state index in [9.17, 15) is 4.39 Å². The molecule has 0 fully saturated rings. The Hall–Kier alpha value is -0.760. The largest absolute Gasteiger partial charge is 0.497 e. The Morgan fingerprint density at radius 3 is 2.62 bits per heavy atom. The Bertz CT molecular complexity index is 341. The lowest BCUT2D eigenvalue weighted by Crippen LogP contribution is -2.01. The lowest BCUT2D eigenvalue weighted by Gasteiger charge is -2.15. The average molecular weight is 245 g/mol. The highest BCUT2D eigenvalue weighted by molar-refractivity contribution is 6.20. The summed E-state index contributed by atoms with van der Waals surface area (Å²) in [5, 5.41) is -0.263. The fraction of sp³-hybridized carbons (Fsp3) is 0.538. The van der Waals surface area contributed by atoms with Crippen molar-refractivity contribution < 1.29 is 9.13 Å². The van der Waals surface area contributed by atoms with Gasteiger partial charge in [0.25, 0.3) is 0 Å². The van der Waals surface area contributed by atoms with Gasteiger partial charge in [-0.25, -0.2) is 4.39 Å². The van der Waals surface area contributed by atoms with E-state index in [2.05, 4.69) is 13.8 Å². The molecule has 0 amide bonds. The van der Waals surface area contributed by atoms with Crippen LogP contribution >= 0.6 is 11.6 Å². The van der Waals surface area contributed by atoms with E-state index >= 15 is 0 Å². The molecule has 1 aromatic carbocycles. The first kappa shape index (κ1) is 13.3. The van der Waals surface area contributed by atoms with Crippen molar-refractivity contribution in [2.45, 2.75) is 32.1 Å². The minimum Gasteiger partial charge on any atom is -0.497 e. The first-order valence-electron chi connectivity index (χ1n) is 5.56. The third-order valence-electron chi connectivity index (χ3n) is 2.85. The van der Waals surface area contributed by atoms with Crippen LogP contribution in [-0.4, -0.2) is 7.11 Å². The van der Waals surface area contributed by atoms with Crippen LogP contribution in [0.5, 0.6) is 5.75 Å². The zero-order valence-corrected chi connectivity index (χ0v) is 10.7. The highest BCUT2D eigenvalue weighted by Gasteiger charge is 2.16. The van der Waals surface area contributed by atoms with Crippen LogP contribution in [0.1, 0.15) is 37.6 Å². The molecule has 0 saturated carbocycles. The molecule has 0 aromatic heterocycles. The molecule has 2 unspecified atom stereocenters. The van der Waals surface area contributed by atoms with Gasteiger partial charge in [0.2, 0.25) is 0 Å². The highest BCUT2D eigenvalue weighted by Crippen LogP contribution is 2.32. The maximum absolute atomic E-state index is 13.7. The summed E-state index contributed by atoms with van der Waals surface area (Å²) in [4.78, 5) is 0. The van der Waals surface area contributed by atoms with E-state index in [1.165, 1.54) is 13.2 Å². The van der Waals surface area contributed by atoms with Crippen LogP contribution in [0.4, 0.5) is 4.39 Å². The van der Waals surface area contributed by atoms with Crippen molar-refractivity contribution in [2.24, 2.45) is 5.92 Å². The number of methoxy groups -OCH3 is 1. The van der Waals surface area contributed by atoms with Crippen LogP contribution in [0.2, 0.25) is 0 Å². The monoisotopic (exact) mass is 244 g/mol. The molecule has 0 heterocycles. The predicted octanol–water partition coefficient (Wildman–Crippen LogP) is 4.55. The fourth-order valence-electron chi connectivity index (χ4n) is 1.54. The number of rotatable bonds is 5. The van der Waals surface area contributed by atoms with Crippen LogP contribution in [0.15, 0.2) is 18.2 Å². The van der Waals surface area contributed by atoms with E-state index in [1.807, 2.05) is 0 Å². The van der Waals surface area contributed by atoms with Crippen LogP contribution in [0, 0.1) is 11.7 Å². The molecule has 1 aromatic rings. The second-order valence-electron chi connectivity index (χ2n) is 4.10. The highest BCUT2D eigenvalue weighted by atomic mass is 35.5. The molecule has 90 valence electrons. The lowest BCUT2D eigenvalue weighted by molar-refractivity contribution is 0.410. The van der Waals surface area contributed by atoms with Crippen LogP contribution in [0.3, 0.4) is 0 Å². The molecule has 1 nitrogen and oxygen atoms in total. The zero-order chi connectivity index (χ0) is 12.1. The second kappa shape index (κ2) is 6.09. The van der Waals surface area contributed by atoms with Gasteiger partial charge in [0, 0.05) is 11.6 Å². The van der Waals surface area contributed by atoms with Gasteiger partial charge in [-0.2, -0.15) is 0 Å². The smallest absolute Gasteiger partial charge is 0.131 e. The normalized spacial score (nSPS) is 14.6. The van der Waals surface area contributed by atoms with Crippen molar-refractivity contribution in [3.8, 4) is 5.75 Å². The van der Waals surface area contributed by atoms with E-state index < -0.39 is 0 Å². The summed E-state index contributed by atoms with van der Waals surface area (Å²) in [6.07, 6.45) is 1.85. The summed E-state index contributed by atoms with van der Waals surface area (Å²) >= 11 is 6.20. The first-order chi connectivity index (χ1) is 7.58. The van der Waals surface area contributed by atoms with Gasteiger partial charge in [0.15, 0.2) is 0 Å². The standard InChI is InChI=1S/C13H18ClFO/c1-4-9(2)7-12(14)11-6-5-10(16-3)8-13(11)15/h5-6,8-9,12H,4,7H2,1-3H3. The SMILES string of the molecule is CCC(C)CC(Cl)c1ccc(OC)cc1F. The number of ether oxygens (including phenoxy) is 1. The van der Waals surface area contributed by atoms with Gasteiger partial charge in [-0.3, -0.25) is 0 Å². The van der Waals surface area contributed by atoms with Crippen molar-refractivity contribution in [3.05, 3.63) is 29.6 Å². The van der Waals surface area contributed by atoms with Gasteiger partial charge < -0.3 is 4.74 Å². The number of halogens is 2. The van der Waals surface area contributed by atoms with Crippen molar-refractivity contribution in [2.75, 3.05) is 7.11 Å². The van der Waals surface area contributed by atoms with E-state index in [0.29, 0.717) is 17.2 Å². The molecule has 0 radical (unpaired) electrons. The third-order valence-corrected chi connectivity index (χ3v) is 3.26. The van der Waals surface area contributed by atoms with Crippen LogP contribution in [0.25, 0.3) is 0 Å². The number of benzene rings is 1. The molecule has 0 N–H and O–H groups in total. The van der Waals surface area contributed by atoms with Gasteiger partial charge in [0.1, 0.15) is 11.6 Å². The zero-order valence-electron chi connectivity index (χ0n) is 9.97. The molecule has 0 aliphatic rings. The summed E-state index contributed by atoms with van der Waals surface area (Å²) in [7, 11) is 1.52. The Morgan fingerprint density at radius 1 is 1.44 bits per heavy atom. The van der Waals surface area contributed by atoms with Crippen LogP contribution < -0.4 is 4.74 Å². The average Bonchev–Trinajstić information content (AvgIpc) is 2.28. The van der Waals surface area contributed by atoms with Gasteiger partial charge in [-0.1, -0.05) is 26.3 Å². The third kappa shape index (κ3) is 3.38. The molecule has 0 aliphatic heterocycles. The summed E-state index contributed by atoms with van der Waals surface area (Å²) in [5.74, 6) is 0.736. The summed E-state index contributed by atoms with van der Waals surface area (Å²) in [5.41, 5.74) is 0.558. The van der Waals surface area contributed by atoms with E-state index in [0.717, 1.165) is 12.8 Å². The summed E-state index contributed by atoms with van der Waals surface area (Å²) in [6, 6.07) is 4.82. The van der Waals surface area contributed by atoms with E-state index in [1.54, 1.807) is 12.1 Å². The maximum atomic E-state index is 13.7. The van der Waals surface area contributed by atoms with Crippen molar-refractivity contribution in [1.29, 1.82) is 0 Å². The molecule has 16 heavy (non-hydrogen) atoms. The van der Waals surface area contributed by atoms with Crippen molar-refractivity contribution in [1.82, 2.24) is 0 Å². The quantitative estimate of drug-likeness (QED) is 0.691. The van der Waals surface area contributed by atoms with Crippen LogP contribution in [-0.2, 0) is 0 Å². The maximum Gasteiger partial charge on any atom is 0.131 e. The van der Waals surface area contributed by atoms with Crippen molar-refractivity contribution >= 4 is 11.6 Å². The fourth-order valence-corrected chi connectivity index (χ4v) is 2.02. The minimum atomic E-state index is -0.289. The minimum absolute atomic E-state index is 0.263. The predicted molar refractivity (Wildman–Crippen MR) is 65.6 cm³/mol. The Morgan fingerprint density at radius 2 is 2.12 bits per heavy atom. The number of hydrogen-bond donors (Lipinski definition) is 0. The molecular formula is C13H18ClFO. The molecule has 3 heteroatoms. The van der Waals surface area contributed by atoms with Gasteiger partial charge in [-0.05, 0) is 18.4 Å². The molecule has 0 aliphatic carbocycles. The van der Waals surface area contributed by atoms with Gasteiger partial charge in [0.05, 0.1) is 12.5 Å².